The van der Waals surface area contributed by atoms with Gasteiger partial charge >= 0.3 is 6.09 Å². The third kappa shape index (κ3) is 3.05. The SMILES string of the molecule is CCOC(=O)Nc1[nH]c(-c2ccccc2)c(C)c1C(N)=O. The van der Waals surface area contributed by atoms with Crippen LogP contribution in [-0.2, 0) is 4.74 Å². The van der Waals surface area contributed by atoms with Crippen molar-refractivity contribution in [2.75, 3.05) is 11.9 Å². The lowest BCUT2D eigenvalue weighted by Gasteiger charge is -2.04. The first-order valence-electron chi connectivity index (χ1n) is 6.56. The summed E-state index contributed by atoms with van der Waals surface area (Å²) in [5, 5.41) is 2.51. The second-order valence-corrected chi connectivity index (χ2v) is 4.45. The van der Waals surface area contributed by atoms with E-state index < -0.39 is 12.0 Å². The average Bonchev–Trinajstić information content (AvgIpc) is 2.76. The maximum absolute atomic E-state index is 11.6. The Morgan fingerprint density at radius 3 is 2.52 bits per heavy atom. The van der Waals surface area contributed by atoms with E-state index in [0.29, 0.717) is 5.56 Å². The molecule has 0 fully saturated rings. The molecule has 1 aromatic heterocycles. The topological polar surface area (TPSA) is 97.2 Å². The quantitative estimate of drug-likeness (QED) is 0.806. The molecule has 2 aromatic rings. The molecule has 0 aliphatic carbocycles. The van der Waals surface area contributed by atoms with Gasteiger partial charge in [-0.1, -0.05) is 30.3 Å². The number of benzene rings is 1. The second-order valence-electron chi connectivity index (χ2n) is 4.45. The number of hydrogen-bond donors (Lipinski definition) is 3. The highest BCUT2D eigenvalue weighted by Gasteiger charge is 2.21. The summed E-state index contributed by atoms with van der Waals surface area (Å²) in [5.74, 6) is -0.366. The van der Waals surface area contributed by atoms with Crippen molar-refractivity contribution < 1.29 is 14.3 Å². The van der Waals surface area contributed by atoms with Crippen molar-refractivity contribution in [2.24, 2.45) is 5.73 Å². The number of anilines is 1. The predicted octanol–water partition coefficient (Wildman–Crippen LogP) is 2.66. The fourth-order valence-electron chi connectivity index (χ4n) is 2.16. The molecule has 6 heteroatoms. The monoisotopic (exact) mass is 287 g/mol. The minimum atomic E-state index is -0.638. The summed E-state index contributed by atoms with van der Waals surface area (Å²) >= 11 is 0. The van der Waals surface area contributed by atoms with Crippen molar-refractivity contribution in [3.63, 3.8) is 0 Å². The number of primary amides is 1. The van der Waals surface area contributed by atoms with Crippen LogP contribution in [0.3, 0.4) is 0 Å². The van der Waals surface area contributed by atoms with E-state index in [0.717, 1.165) is 11.3 Å². The van der Waals surface area contributed by atoms with Gasteiger partial charge < -0.3 is 15.5 Å². The molecule has 2 rings (SSSR count). The molecule has 1 heterocycles. The first-order valence-corrected chi connectivity index (χ1v) is 6.56. The van der Waals surface area contributed by atoms with Gasteiger partial charge in [-0.2, -0.15) is 0 Å². The predicted molar refractivity (Wildman–Crippen MR) is 80.1 cm³/mol. The lowest BCUT2D eigenvalue weighted by Crippen LogP contribution is -2.18. The van der Waals surface area contributed by atoms with Crippen molar-refractivity contribution >= 4 is 17.8 Å². The molecule has 0 saturated heterocycles. The van der Waals surface area contributed by atoms with Gasteiger partial charge in [0, 0.05) is 0 Å². The zero-order valence-electron chi connectivity index (χ0n) is 11.9. The van der Waals surface area contributed by atoms with Crippen molar-refractivity contribution in [1.82, 2.24) is 4.98 Å². The van der Waals surface area contributed by atoms with Crippen molar-refractivity contribution in [2.45, 2.75) is 13.8 Å². The maximum atomic E-state index is 11.6. The smallest absolute Gasteiger partial charge is 0.412 e. The number of ether oxygens (including phenoxy) is 1. The molecule has 0 saturated carbocycles. The number of carbonyl (C=O) groups excluding carboxylic acids is 2. The van der Waals surface area contributed by atoms with Gasteiger partial charge in [0.2, 0.25) is 0 Å². The van der Waals surface area contributed by atoms with Crippen LogP contribution in [-0.4, -0.2) is 23.6 Å². The molecule has 4 N–H and O–H groups in total. The van der Waals surface area contributed by atoms with Crippen LogP contribution in [0.2, 0.25) is 0 Å². The van der Waals surface area contributed by atoms with Crippen LogP contribution < -0.4 is 11.1 Å². The zero-order valence-corrected chi connectivity index (χ0v) is 11.9. The van der Waals surface area contributed by atoms with Gasteiger partial charge in [-0.3, -0.25) is 10.1 Å². The molecule has 1 aromatic carbocycles. The van der Waals surface area contributed by atoms with Crippen molar-refractivity contribution in [3.8, 4) is 11.3 Å². The number of hydrogen-bond acceptors (Lipinski definition) is 3. The summed E-state index contributed by atoms with van der Waals surface area (Å²) in [5.41, 5.74) is 7.97. The Bertz CT molecular complexity index is 662. The van der Waals surface area contributed by atoms with E-state index in [1.807, 2.05) is 30.3 Å². The summed E-state index contributed by atoms with van der Waals surface area (Å²) in [6.45, 7) is 3.71. The molecule has 0 radical (unpaired) electrons. The summed E-state index contributed by atoms with van der Waals surface area (Å²) in [6, 6.07) is 9.47. The summed E-state index contributed by atoms with van der Waals surface area (Å²) in [7, 11) is 0. The van der Waals surface area contributed by atoms with Crippen LogP contribution in [0.5, 0.6) is 0 Å². The number of aromatic nitrogens is 1. The van der Waals surface area contributed by atoms with E-state index in [1.165, 1.54) is 0 Å². The molecule has 110 valence electrons. The third-order valence-electron chi connectivity index (χ3n) is 3.06. The van der Waals surface area contributed by atoms with Gasteiger partial charge in [0.15, 0.2) is 0 Å². The Balaban J connectivity index is 2.46. The third-order valence-corrected chi connectivity index (χ3v) is 3.06. The minimum absolute atomic E-state index is 0.239. The number of nitrogens with two attached hydrogens (primary N) is 1. The van der Waals surface area contributed by atoms with E-state index in [-0.39, 0.29) is 18.0 Å². The van der Waals surface area contributed by atoms with Crippen LogP contribution in [0.4, 0.5) is 10.6 Å². The van der Waals surface area contributed by atoms with Crippen LogP contribution in [0.25, 0.3) is 11.3 Å². The average molecular weight is 287 g/mol. The van der Waals surface area contributed by atoms with Crippen LogP contribution in [0.15, 0.2) is 30.3 Å². The van der Waals surface area contributed by atoms with E-state index in [2.05, 4.69) is 10.3 Å². The van der Waals surface area contributed by atoms with Gasteiger partial charge in [-0.25, -0.2) is 4.79 Å². The minimum Gasteiger partial charge on any atom is -0.450 e. The number of rotatable bonds is 4. The molecule has 0 unspecified atom stereocenters. The highest BCUT2D eigenvalue weighted by atomic mass is 16.5. The zero-order chi connectivity index (χ0) is 15.4. The molecule has 6 nitrogen and oxygen atoms in total. The van der Waals surface area contributed by atoms with Crippen LogP contribution in [0.1, 0.15) is 22.8 Å². The summed E-state index contributed by atoms with van der Waals surface area (Å²) in [4.78, 5) is 26.2. The van der Waals surface area contributed by atoms with Crippen molar-refractivity contribution in [3.05, 3.63) is 41.5 Å². The van der Waals surface area contributed by atoms with Crippen LogP contribution in [0, 0.1) is 6.92 Å². The van der Waals surface area contributed by atoms with Crippen molar-refractivity contribution in [1.29, 1.82) is 0 Å². The molecule has 0 aliphatic rings. The lowest BCUT2D eigenvalue weighted by molar-refractivity contribution is 0.100. The Labute approximate surface area is 122 Å². The second kappa shape index (κ2) is 6.13. The molecular formula is C15H17N3O3. The lowest BCUT2D eigenvalue weighted by atomic mass is 10.1. The molecule has 0 atom stereocenters. The van der Waals surface area contributed by atoms with Gasteiger partial charge in [0.05, 0.1) is 17.9 Å². The first-order chi connectivity index (χ1) is 10.0. The van der Waals surface area contributed by atoms with Gasteiger partial charge in [0.25, 0.3) is 5.91 Å². The van der Waals surface area contributed by atoms with Gasteiger partial charge in [0.1, 0.15) is 5.82 Å². The Hall–Kier alpha value is -2.76. The number of H-pyrrole nitrogens is 1. The normalized spacial score (nSPS) is 10.2. The summed E-state index contributed by atoms with van der Waals surface area (Å²) < 4.78 is 4.81. The van der Waals surface area contributed by atoms with E-state index >= 15 is 0 Å². The Morgan fingerprint density at radius 1 is 1.29 bits per heavy atom. The van der Waals surface area contributed by atoms with Gasteiger partial charge in [-0.15, -0.1) is 0 Å². The molecule has 21 heavy (non-hydrogen) atoms. The highest BCUT2D eigenvalue weighted by molar-refractivity contribution is 6.04. The number of nitrogens with one attached hydrogen (secondary N) is 2. The summed E-state index contributed by atoms with van der Waals surface area (Å²) in [6.07, 6.45) is -0.638. The number of aromatic amines is 1. The Morgan fingerprint density at radius 2 is 1.95 bits per heavy atom. The Kier molecular flexibility index (Phi) is 4.27. The molecular weight excluding hydrogens is 270 g/mol. The van der Waals surface area contributed by atoms with E-state index in [1.54, 1.807) is 13.8 Å². The first kappa shape index (κ1) is 14.6. The molecule has 0 bridgehead atoms. The number of amides is 2. The standard InChI is InChI=1S/C15H17N3O3/c1-3-21-15(20)18-14-11(13(16)19)9(2)12(17-14)10-7-5-4-6-8-10/h4-8,17H,3H2,1-2H3,(H2,16,19)(H,18,20). The molecule has 0 aliphatic heterocycles. The fraction of sp³-hybridized carbons (Fsp3) is 0.200. The maximum Gasteiger partial charge on any atom is 0.412 e. The van der Waals surface area contributed by atoms with Crippen LogP contribution >= 0.6 is 0 Å². The highest BCUT2D eigenvalue weighted by Crippen LogP contribution is 2.30. The van der Waals surface area contributed by atoms with E-state index in [9.17, 15) is 9.59 Å². The fourth-order valence-corrected chi connectivity index (χ4v) is 2.16. The van der Waals surface area contributed by atoms with Gasteiger partial charge in [-0.05, 0) is 25.0 Å². The molecule has 0 spiro atoms. The largest absolute Gasteiger partial charge is 0.450 e. The number of carbonyl (C=O) groups is 2. The molecule has 2 amide bonds. The van der Waals surface area contributed by atoms with E-state index in [4.69, 9.17) is 10.5 Å².